The van der Waals surface area contributed by atoms with Crippen molar-refractivity contribution in [2.45, 2.75) is 234 Å². The topological polar surface area (TPSA) is 335 Å². The Morgan fingerprint density at radius 2 is 1.26 bits per heavy atom. The summed E-state index contributed by atoms with van der Waals surface area (Å²) >= 11 is 0. The van der Waals surface area contributed by atoms with Crippen LogP contribution in [0.25, 0.3) is 0 Å². The van der Waals surface area contributed by atoms with E-state index < -0.39 is 147 Å². The fourth-order valence-corrected chi connectivity index (χ4v) is 16.9. The van der Waals surface area contributed by atoms with E-state index in [0.717, 1.165) is 37.7 Å². The Labute approximate surface area is 425 Å². The normalized spacial score (nSPS) is 57.4. The summed E-state index contributed by atoms with van der Waals surface area (Å²) in [5, 5.41) is 128. The summed E-state index contributed by atoms with van der Waals surface area (Å²) in [4.78, 5) is 0. The number of ether oxygens (including phenoxy) is 10. The zero-order valence-electron chi connectivity index (χ0n) is 42.9. The van der Waals surface area contributed by atoms with E-state index in [-0.39, 0.29) is 52.6 Å². The van der Waals surface area contributed by atoms with Crippen molar-refractivity contribution in [1.82, 2.24) is 0 Å². The number of fused-ring (bicyclic) bond motifs is 4. The summed E-state index contributed by atoms with van der Waals surface area (Å²) in [6, 6.07) is 0. The first-order chi connectivity index (χ1) is 34.3. The molecule has 0 aromatic carbocycles. The minimum absolute atomic E-state index is 0.0865. The van der Waals surface area contributed by atoms with Crippen LogP contribution in [0, 0.1) is 45.3 Å². The van der Waals surface area contributed by atoms with Crippen LogP contribution < -0.4 is 0 Å². The molecule has 4 aliphatic carbocycles. The molecule has 73 heavy (non-hydrogen) atoms. The van der Waals surface area contributed by atoms with Gasteiger partial charge in [0.05, 0.1) is 44.2 Å². The van der Waals surface area contributed by atoms with Crippen LogP contribution in [0.15, 0.2) is 11.6 Å². The molecule has 0 amide bonds. The van der Waals surface area contributed by atoms with Crippen molar-refractivity contribution < 1.29 is 109 Å². The first kappa shape index (κ1) is 55.2. The summed E-state index contributed by atoms with van der Waals surface area (Å²) in [5.41, 5.74) is -1.15. The Morgan fingerprint density at radius 3 is 1.92 bits per heavy atom. The van der Waals surface area contributed by atoms with E-state index in [9.17, 15) is 61.3 Å². The summed E-state index contributed by atoms with van der Waals surface area (Å²) < 4.78 is 63.5. The van der Waals surface area contributed by atoms with Gasteiger partial charge in [-0.2, -0.15) is 0 Å². The third-order valence-electron chi connectivity index (χ3n) is 20.3. The number of hydrogen-bond donors (Lipinski definition) is 12. The predicted molar refractivity (Wildman–Crippen MR) is 247 cm³/mol. The SMILES string of the molecule is CC(C)=C[C@H]1CC(C)(O[C@H]2OC[C@@H](O)[C@@H](O)[C@@H]2O)C2C3CCC4[C@@]5(C)CC[C@H](O[C@@H]6O[C@H](O)[C@@H](O)[C@H](O[C@@H]7O[C@H](CO)[C@@H](O)[C@H](O)[C@H]7O)[C@H]6O[C@@H]6O[C@@H](CO)[C@H](O)[C@H]6O)C(C)(C)C5CC[C@@]4(C)[C@@]34CO[C@@]2(C4)O1. The molecule has 4 saturated carbocycles. The molecule has 6 saturated heterocycles. The Bertz CT molecular complexity index is 2010. The highest BCUT2D eigenvalue weighted by molar-refractivity contribution is 5.27. The van der Waals surface area contributed by atoms with Gasteiger partial charge in [-0.25, -0.2) is 0 Å². The molecule has 10 aliphatic rings. The maximum absolute atomic E-state index is 11.5. The quantitative estimate of drug-likeness (QED) is 0.0818. The highest BCUT2D eigenvalue weighted by Crippen LogP contribution is 2.80. The molecular formula is C51H82O22. The van der Waals surface area contributed by atoms with Crippen molar-refractivity contribution >= 4 is 0 Å². The fourth-order valence-electron chi connectivity index (χ4n) is 16.9. The number of aliphatic hydroxyl groups excluding tert-OH is 12. The zero-order valence-corrected chi connectivity index (χ0v) is 42.9. The molecule has 0 aromatic heterocycles. The maximum atomic E-state index is 11.5. The van der Waals surface area contributed by atoms with Gasteiger partial charge in [-0.15, -0.1) is 0 Å². The standard InChI is InChI=1S/C51H82O22/c1-21(2)14-22-15-49(7,73-42-34(59)30(55)24(54)18-64-42)40-23-8-9-28-47(5)12-11-29(46(3,4)27(47)10-13-48(28,6)50(23)19-51(40,72-22)65-20-50)68-45-39(70-43-35(60)32(57)26(17-53)67-43)38(37(62)41(63)71-45)69-44-36(61)33(58)31(56)25(16-52)66-44/h14,22-45,52-63H,8-13,15-20H2,1-7H3/t22-,23?,24+,25+,26-,27?,28?,29-,30+,31+,32-,33-,34-,35+,36+,37-,38-,39+,40?,41-,42+,43-,44-,45+,47-,48+,49?,50-,51-/m0/s1. The van der Waals surface area contributed by atoms with Gasteiger partial charge in [0.15, 0.2) is 37.2 Å². The second kappa shape index (κ2) is 19.6. The third-order valence-corrected chi connectivity index (χ3v) is 20.3. The molecule has 10 fully saturated rings. The average Bonchev–Trinajstić information content (AvgIpc) is 3.95. The zero-order chi connectivity index (χ0) is 52.7. The van der Waals surface area contributed by atoms with E-state index in [0.29, 0.717) is 25.9 Å². The van der Waals surface area contributed by atoms with Crippen molar-refractivity contribution in [1.29, 1.82) is 0 Å². The van der Waals surface area contributed by atoms with Gasteiger partial charge in [-0.3, -0.25) is 0 Å². The highest BCUT2D eigenvalue weighted by Gasteiger charge is 2.81. The van der Waals surface area contributed by atoms with Crippen LogP contribution in [0.1, 0.15) is 99.8 Å². The largest absolute Gasteiger partial charge is 0.394 e. The molecule has 6 heterocycles. The monoisotopic (exact) mass is 1050 g/mol. The smallest absolute Gasteiger partial charge is 0.190 e. The number of rotatable bonds is 11. The molecule has 22 nitrogen and oxygen atoms in total. The van der Waals surface area contributed by atoms with E-state index in [2.05, 4.69) is 40.7 Å². The van der Waals surface area contributed by atoms with Crippen molar-refractivity contribution in [3.8, 4) is 0 Å². The lowest BCUT2D eigenvalue weighted by molar-refractivity contribution is -0.405. The maximum Gasteiger partial charge on any atom is 0.190 e. The van der Waals surface area contributed by atoms with E-state index in [4.69, 9.17) is 47.4 Å². The van der Waals surface area contributed by atoms with Gasteiger partial charge in [-0.05, 0) is 93.3 Å². The molecule has 10 rings (SSSR count). The van der Waals surface area contributed by atoms with Crippen molar-refractivity contribution in [2.24, 2.45) is 45.3 Å². The van der Waals surface area contributed by atoms with Gasteiger partial charge in [0.25, 0.3) is 0 Å². The summed E-state index contributed by atoms with van der Waals surface area (Å²) in [6.07, 6.45) is -21.9. The first-order valence-corrected chi connectivity index (χ1v) is 26.5. The van der Waals surface area contributed by atoms with Crippen LogP contribution in [-0.4, -0.2) is 222 Å². The average molecular weight is 1050 g/mol. The van der Waals surface area contributed by atoms with Crippen LogP contribution in [0.4, 0.5) is 0 Å². The first-order valence-electron chi connectivity index (χ1n) is 26.5. The second-order valence-electron chi connectivity index (χ2n) is 24.9. The minimum atomic E-state index is -1.97. The molecule has 29 atom stereocenters. The Morgan fingerprint density at radius 1 is 0.630 bits per heavy atom. The molecular weight excluding hydrogens is 965 g/mol. The van der Waals surface area contributed by atoms with Crippen LogP contribution in [-0.2, 0) is 47.4 Å². The van der Waals surface area contributed by atoms with E-state index in [1.165, 1.54) is 0 Å². The summed E-state index contributed by atoms with van der Waals surface area (Å²) in [5.74, 6) is -0.772. The molecule has 2 bridgehead atoms. The lowest BCUT2D eigenvalue weighted by atomic mass is 9.35. The van der Waals surface area contributed by atoms with Crippen molar-refractivity contribution in [2.75, 3.05) is 26.4 Å². The molecule has 0 aromatic rings. The fraction of sp³-hybridized carbons (Fsp3) is 0.961. The Kier molecular flexibility index (Phi) is 14.8. The summed E-state index contributed by atoms with van der Waals surface area (Å²) in [7, 11) is 0. The van der Waals surface area contributed by atoms with Crippen molar-refractivity contribution in [3.05, 3.63) is 11.6 Å². The van der Waals surface area contributed by atoms with Crippen LogP contribution in [0.5, 0.6) is 0 Å². The highest BCUT2D eigenvalue weighted by atomic mass is 16.8. The van der Waals surface area contributed by atoms with Gasteiger partial charge in [-0.1, -0.05) is 39.3 Å². The lowest BCUT2D eigenvalue weighted by Crippen LogP contribution is -2.68. The molecule has 12 N–H and O–H groups in total. The van der Waals surface area contributed by atoms with E-state index in [1.807, 2.05) is 13.8 Å². The van der Waals surface area contributed by atoms with Gasteiger partial charge >= 0.3 is 0 Å². The molecule has 418 valence electrons. The summed E-state index contributed by atoms with van der Waals surface area (Å²) in [6.45, 7) is 14.1. The van der Waals surface area contributed by atoms with Crippen LogP contribution in [0.2, 0.25) is 0 Å². The predicted octanol–water partition coefficient (Wildman–Crippen LogP) is -1.61. The van der Waals surface area contributed by atoms with E-state index >= 15 is 0 Å². The Hall–Kier alpha value is -1.14. The molecule has 22 heteroatoms. The van der Waals surface area contributed by atoms with Gasteiger partial charge in [0.2, 0.25) is 0 Å². The van der Waals surface area contributed by atoms with E-state index in [1.54, 1.807) is 0 Å². The van der Waals surface area contributed by atoms with Gasteiger partial charge in [0, 0.05) is 24.2 Å². The number of allylic oxidation sites excluding steroid dienone is 1. The molecule has 0 radical (unpaired) electrons. The second-order valence-corrected chi connectivity index (χ2v) is 24.9. The third kappa shape index (κ3) is 8.58. The molecule has 6 aliphatic heterocycles. The minimum Gasteiger partial charge on any atom is -0.394 e. The van der Waals surface area contributed by atoms with Gasteiger partial charge < -0.3 is 109 Å². The Balaban J connectivity index is 0.919. The molecule has 2 spiro atoms. The number of hydrogen-bond acceptors (Lipinski definition) is 22. The number of aliphatic hydroxyl groups is 12. The van der Waals surface area contributed by atoms with Crippen LogP contribution >= 0.6 is 0 Å². The van der Waals surface area contributed by atoms with Crippen molar-refractivity contribution in [3.63, 3.8) is 0 Å². The van der Waals surface area contributed by atoms with Crippen LogP contribution in [0.3, 0.4) is 0 Å². The molecule has 5 unspecified atom stereocenters. The van der Waals surface area contributed by atoms with Gasteiger partial charge in [0.1, 0.15) is 79.4 Å². The lowest BCUT2D eigenvalue weighted by Gasteiger charge is -2.70.